The third-order valence-corrected chi connectivity index (χ3v) is 16.2. The summed E-state index contributed by atoms with van der Waals surface area (Å²) in [5.41, 5.74) is 0. The second-order valence-corrected chi connectivity index (χ2v) is 25.8. The number of carbonyl (C=O) groups excluding carboxylic acids is 2. The highest BCUT2D eigenvalue weighted by atomic mass is 31.2. The van der Waals surface area contributed by atoms with Gasteiger partial charge in [-0.1, -0.05) is 275 Å². The predicted molar refractivity (Wildman–Crippen MR) is 346 cm³/mol. The maximum atomic E-state index is 13.6. The number of hydrogen-bond donors (Lipinski definition) is 2. The van der Waals surface area contributed by atoms with Crippen LogP contribution in [0.5, 0.6) is 0 Å². The van der Waals surface area contributed by atoms with E-state index in [1.807, 2.05) is 33.3 Å². The molecule has 0 saturated carbocycles. The second-order valence-electron chi connectivity index (χ2n) is 24.3. The molecule has 10 heteroatoms. The molecule has 0 saturated heterocycles. The summed E-state index contributed by atoms with van der Waals surface area (Å²) < 4.78 is 30.8. The zero-order valence-electron chi connectivity index (χ0n) is 53.6. The lowest BCUT2D eigenvalue weighted by Crippen LogP contribution is -2.47. The number of hydrogen-bond acceptors (Lipinski definition) is 6. The summed E-state index contributed by atoms with van der Waals surface area (Å²) in [5.74, 6) is -0.501. The lowest BCUT2D eigenvalue weighted by molar-refractivity contribution is -0.870. The SMILES string of the molecule is CCCCC/C=C\C/C=C\CCCCCCCCCCCCCCCC(=O)OC(/C=C/CCCCCCCCCCCC)C(COP(=O)(O)OCC[N+](C)(C)C)NC(=O)CCCCCCCCCCC/C=C\C/C=C\CCCCC. The standard InChI is InChI=1S/C70H131N2O7P/c1-7-10-13-16-19-22-25-28-30-32-34-35-36-37-39-41-43-45-48-51-54-57-60-63-70(74)79-68(61-58-55-52-49-46-27-24-21-18-15-12-9-3)67(66-78-80(75,76)77-65-64-72(4,5)6)71-69(73)62-59-56-53-50-47-44-42-40-38-33-31-29-26-23-20-17-14-11-8-2/h19-20,22-23,28-31,58,61,67-68H,7-18,21,24-27,32-57,59-60,62-66H2,1-6H3,(H-,71,73,75,76)/p+1/b22-19-,23-20-,30-28-,31-29-,61-58+. The molecular weight excluding hydrogens is 1010 g/mol. The van der Waals surface area contributed by atoms with E-state index in [-0.39, 0.29) is 25.1 Å². The van der Waals surface area contributed by atoms with E-state index in [4.69, 9.17) is 13.8 Å². The van der Waals surface area contributed by atoms with Crippen LogP contribution in [0, 0.1) is 0 Å². The van der Waals surface area contributed by atoms with Crippen LogP contribution >= 0.6 is 7.82 Å². The molecule has 0 spiro atoms. The molecule has 0 aliphatic rings. The largest absolute Gasteiger partial charge is 0.472 e. The van der Waals surface area contributed by atoms with E-state index >= 15 is 0 Å². The molecule has 80 heavy (non-hydrogen) atoms. The van der Waals surface area contributed by atoms with Gasteiger partial charge in [0.15, 0.2) is 0 Å². The number of amides is 1. The monoisotopic (exact) mass is 1140 g/mol. The van der Waals surface area contributed by atoms with Crippen LogP contribution in [-0.4, -0.2) is 74.3 Å². The molecule has 0 heterocycles. The zero-order chi connectivity index (χ0) is 58.6. The number of rotatable bonds is 62. The first kappa shape index (κ1) is 77.7. The number of ether oxygens (including phenoxy) is 1. The molecule has 0 bridgehead atoms. The molecule has 0 aromatic carbocycles. The number of allylic oxidation sites excluding steroid dienone is 9. The highest BCUT2D eigenvalue weighted by molar-refractivity contribution is 7.47. The van der Waals surface area contributed by atoms with Gasteiger partial charge >= 0.3 is 13.8 Å². The summed E-state index contributed by atoms with van der Waals surface area (Å²) in [7, 11) is 1.50. The highest BCUT2D eigenvalue weighted by Gasteiger charge is 2.30. The van der Waals surface area contributed by atoms with Crippen molar-refractivity contribution >= 4 is 19.7 Å². The summed E-state index contributed by atoms with van der Waals surface area (Å²) in [6.45, 7) is 6.99. The third-order valence-electron chi connectivity index (χ3n) is 15.2. The fourth-order valence-corrected chi connectivity index (χ4v) is 10.6. The smallest absolute Gasteiger partial charge is 0.456 e. The maximum absolute atomic E-state index is 13.6. The van der Waals surface area contributed by atoms with E-state index in [9.17, 15) is 19.0 Å². The minimum absolute atomic E-state index is 0.0391. The number of nitrogens with one attached hydrogen (secondary N) is 1. The highest BCUT2D eigenvalue weighted by Crippen LogP contribution is 2.43. The van der Waals surface area contributed by atoms with Gasteiger partial charge in [-0.3, -0.25) is 18.6 Å². The molecule has 2 N–H and O–H groups in total. The Hall–Kier alpha value is -2.29. The van der Waals surface area contributed by atoms with Gasteiger partial charge in [0.1, 0.15) is 19.3 Å². The normalized spacial score (nSPS) is 13.9. The fraction of sp³-hybridized carbons (Fsp3) is 0.829. The summed E-state index contributed by atoms with van der Waals surface area (Å²) in [4.78, 5) is 37.8. The van der Waals surface area contributed by atoms with Crippen molar-refractivity contribution in [3.05, 3.63) is 60.8 Å². The van der Waals surface area contributed by atoms with E-state index in [1.165, 1.54) is 218 Å². The van der Waals surface area contributed by atoms with E-state index in [0.29, 0.717) is 23.9 Å². The molecule has 0 aliphatic heterocycles. The third kappa shape index (κ3) is 60.3. The molecule has 0 aromatic heterocycles. The van der Waals surface area contributed by atoms with Crippen LogP contribution in [0.25, 0.3) is 0 Å². The number of carbonyl (C=O) groups is 2. The molecule has 0 aromatic rings. The average molecular weight is 1140 g/mol. The average Bonchev–Trinajstić information content (AvgIpc) is 3.43. The van der Waals surface area contributed by atoms with Crippen LogP contribution in [0.4, 0.5) is 0 Å². The Kier molecular flexibility index (Phi) is 58.1. The Morgan fingerprint density at radius 2 is 0.762 bits per heavy atom. The van der Waals surface area contributed by atoms with Gasteiger partial charge in [-0.25, -0.2) is 4.57 Å². The lowest BCUT2D eigenvalue weighted by Gasteiger charge is -2.27. The Morgan fingerprint density at radius 3 is 1.15 bits per heavy atom. The molecule has 3 atom stereocenters. The van der Waals surface area contributed by atoms with E-state index in [1.54, 1.807) is 0 Å². The van der Waals surface area contributed by atoms with E-state index in [2.05, 4.69) is 74.7 Å². The number of esters is 1. The number of likely N-dealkylation sites (N-methyl/N-ethyl adjacent to an activating group) is 1. The zero-order valence-corrected chi connectivity index (χ0v) is 54.5. The van der Waals surface area contributed by atoms with Gasteiger partial charge in [-0.05, 0) is 96.0 Å². The number of unbranched alkanes of at least 4 members (excludes halogenated alkanes) is 38. The minimum atomic E-state index is -4.45. The molecule has 0 fully saturated rings. The fourth-order valence-electron chi connectivity index (χ4n) is 9.88. The van der Waals surface area contributed by atoms with Crippen LogP contribution in [0.1, 0.15) is 323 Å². The van der Waals surface area contributed by atoms with Gasteiger partial charge in [-0.2, -0.15) is 0 Å². The van der Waals surface area contributed by atoms with Crippen LogP contribution in [-0.2, 0) is 27.9 Å². The number of phosphoric acid groups is 1. The van der Waals surface area contributed by atoms with Crippen LogP contribution in [0.15, 0.2) is 60.8 Å². The van der Waals surface area contributed by atoms with Crippen molar-refractivity contribution < 1.29 is 37.3 Å². The van der Waals surface area contributed by atoms with Gasteiger partial charge in [0.2, 0.25) is 5.91 Å². The van der Waals surface area contributed by atoms with E-state index < -0.39 is 20.0 Å². The lowest BCUT2D eigenvalue weighted by atomic mass is 10.0. The van der Waals surface area contributed by atoms with Gasteiger partial charge in [0.05, 0.1) is 33.8 Å². The van der Waals surface area contributed by atoms with Crippen LogP contribution < -0.4 is 5.32 Å². The molecule has 1 amide bonds. The van der Waals surface area contributed by atoms with Crippen molar-refractivity contribution in [2.75, 3.05) is 40.9 Å². The van der Waals surface area contributed by atoms with E-state index in [0.717, 1.165) is 70.6 Å². The Morgan fingerprint density at radius 1 is 0.438 bits per heavy atom. The summed E-state index contributed by atoms with van der Waals surface area (Å²) >= 11 is 0. The van der Waals surface area contributed by atoms with Crippen molar-refractivity contribution in [2.45, 2.75) is 335 Å². The molecule has 9 nitrogen and oxygen atoms in total. The Bertz CT molecular complexity index is 1550. The Balaban J connectivity index is 5.12. The van der Waals surface area contributed by atoms with Gasteiger partial charge in [0.25, 0.3) is 0 Å². The number of nitrogens with zero attached hydrogens (tertiary/aromatic N) is 1. The van der Waals surface area contributed by atoms with Crippen molar-refractivity contribution in [3.63, 3.8) is 0 Å². The molecule has 468 valence electrons. The first-order valence-electron chi connectivity index (χ1n) is 34.1. The van der Waals surface area contributed by atoms with Gasteiger partial charge in [-0.15, -0.1) is 0 Å². The quantitative estimate of drug-likeness (QED) is 0.0205. The summed E-state index contributed by atoms with van der Waals surface area (Å²) in [6.07, 6.45) is 76.5. The summed E-state index contributed by atoms with van der Waals surface area (Å²) in [6, 6.07) is -0.852. The predicted octanol–water partition coefficient (Wildman–Crippen LogP) is 21.4. The molecular formula is C70H132N2O7P+. The first-order chi connectivity index (χ1) is 38.9. The molecule has 3 unspecified atom stereocenters. The topological polar surface area (TPSA) is 111 Å². The van der Waals surface area contributed by atoms with Gasteiger partial charge in [0, 0.05) is 12.8 Å². The van der Waals surface area contributed by atoms with Crippen LogP contribution in [0.2, 0.25) is 0 Å². The van der Waals surface area contributed by atoms with Crippen molar-refractivity contribution in [3.8, 4) is 0 Å². The molecule has 0 rings (SSSR count). The molecule has 0 aliphatic carbocycles. The summed E-state index contributed by atoms with van der Waals surface area (Å²) in [5, 5.41) is 3.07. The second kappa shape index (κ2) is 59.9. The number of quaternary nitrogens is 1. The Labute approximate surface area is 496 Å². The maximum Gasteiger partial charge on any atom is 0.472 e. The first-order valence-corrected chi connectivity index (χ1v) is 35.6. The molecule has 0 radical (unpaired) electrons. The number of phosphoric ester groups is 1. The van der Waals surface area contributed by atoms with Crippen LogP contribution in [0.3, 0.4) is 0 Å². The van der Waals surface area contributed by atoms with Crippen molar-refractivity contribution in [1.29, 1.82) is 0 Å². The minimum Gasteiger partial charge on any atom is -0.456 e. The van der Waals surface area contributed by atoms with Crippen molar-refractivity contribution in [1.82, 2.24) is 5.32 Å². The van der Waals surface area contributed by atoms with Crippen molar-refractivity contribution in [2.24, 2.45) is 0 Å². The van der Waals surface area contributed by atoms with Gasteiger partial charge < -0.3 is 19.4 Å².